The van der Waals surface area contributed by atoms with Gasteiger partial charge >= 0.3 is 0 Å². The summed E-state index contributed by atoms with van der Waals surface area (Å²) < 4.78 is 0. The van der Waals surface area contributed by atoms with Crippen LogP contribution in [0.5, 0.6) is 0 Å². The summed E-state index contributed by atoms with van der Waals surface area (Å²) in [6, 6.07) is 1.32. The molecule has 1 N–H and O–H groups in total. The number of nitrogens with one attached hydrogen (secondary N) is 1. The highest BCUT2D eigenvalue weighted by Gasteiger charge is 2.24. The fraction of sp³-hybridized carbons (Fsp3) is 0.875. The van der Waals surface area contributed by atoms with Crippen LogP contribution in [0.4, 0.5) is 0 Å². The lowest BCUT2D eigenvalue weighted by Gasteiger charge is -2.39. The predicted octanol–water partition coefficient (Wildman–Crippen LogP) is 1.38. The molecule has 2 heterocycles. The van der Waals surface area contributed by atoms with Crippen molar-refractivity contribution in [2.24, 2.45) is 0 Å². The lowest BCUT2D eigenvalue weighted by atomic mass is 9.97. The third-order valence-electron chi connectivity index (χ3n) is 4.80. The van der Waals surface area contributed by atoms with Crippen LogP contribution in [-0.4, -0.2) is 59.9 Å². The molecule has 5 nitrogen and oxygen atoms in total. The maximum absolute atomic E-state index is 11.8. The van der Waals surface area contributed by atoms with Crippen LogP contribution in [-0.2, 0) is 9.59 Å². The van der Waals surface area contributed by atoms with Gasteiger partial charge in [0.1, 0.15) is 0 Å². The van der Waals surface area contributed by atoms with Crippen molar-refractivity contribution in [3.8, 4) is 0 Å². The first-order chi connectivity index (χ1) is 10.1. The molecule has 2 amide bonds. The van der Waals surface area contributed by atoms with E-state index in [4.69, 9.17) is 0 Å². The fourth-order valence-corrected chi connectivity index (χ4v) is 3.51. The van der Waals surface area contributed by atoms with E-state index >= 15 is 0 Å². The molecule has 2 rings (SSSR count). The van der Waals surface area contributed by atoms with Gasteiger partial charge in [-0.1, -0.05) is 6.42 Å². The van der Waals surface area contributed by atoms with Gasteiger partial charge in [0, 0.05) is 38.1 Å². The van der Waals surface area contributed by atoms with Crippen LogP contribution in [0.25, 0.3) is 0 Å². The second-order valence-electron chi connectivity index (χ2n) is 6.49. The number of hydrogen-bond acceptors (Lipinski definition) is 3. The van der Waals surface area contributed by atoms with E-state index in [0.29, 0.717) is 25.0 Å². The summed E-state index contributed by atoms with van der Waals surface area (Å²) in [6.45, 7) is 7.31. The molecule has 0 radical (unpaired) electrons. The Morgan fingerprint density at radius 2 is 1.95 bits per heavy atom. The lowest BCUT2D eigenvalue weighted by Crippen LogP contribution is -2.45. The van der Waals surface area contributed by atoms with Crippen molar-refractivity contribution in [3.63, 3.8) is 0 Å². The molecule has 2 aliphatic heterocycles. The average molecular weight is 295 g/mol. The Balaban J connectivity index is 1.60. The minimum absolute atomic E-state index is 0.0232. The van der Waals surface area contributed by atoms with Crippen molar-refractivity contribution >= 4 is 11.8 Å². The van der Waals surface area contributed by atoms with Gasteiger partial charge in [-0.25, -0.2) is 0 Å². The first-order valence-corrected chi connectivity index (χ1v) is 8.38. The van der Waals surface area contributed by atoms with Gasteiger partial charge in [0.2, 0.25) is 11.8 Å². The molecule has 0 saturated carbocycles. The maximum atomic E-state index is 11.8. The zero-order chi connectivity index (χ0) is 15.2. The number of rotatable bonds is 6. The van der Waals surface area contributed by atoms with E-state index in [9.17, 15) is 9.59 Å². The summed E-state index contributed by atoms with van der Waals surface area (Å²) in [5.41, 5.74) is 0. The molecule has 0 bridgehead atoms. The van der Waals surface area contributed by atoms with E-state index in [1.165, 1.54) is 19.3 Å². The molecule has 2 unspecified atom stereocenters. The summed E-state index contributed by atoms with van der Waals surface area (Å²) >= 11 is 0. The first-order valence-electron chi connectivity index (χ1n) is 8.38. The fourth-order valence-electron chi connectivity index (χ4n) is 3.51. The van der Waals surface area contributed by atoms with E-state index in [2.05, 4.69) is 24.1 Å². The quantitative estimate of drug-likeness (QED) is 0.753. The van der Waals surface area contributed by atoms with Crippen molar-refractivity contribution < 1.29 is 9.59 Å². The Morgan fingerprint density at radius 3 is 2.57 bits per heavy atom. The maximum Gasteiger partial charge on any atom is 0.239 e. The Hall–Kier alpha value is -1.10. The highest BCUT2D eigenvalue weighted by atomic mass is 16.2. The number of amides is 2. The topological polar surface area (TPSA) is 52.7 Å². The number of piperidine rings is 1. The van der Waals surface area contributed by atoms with Crippen LogP contribution in [0, 0.1) is 0 Å². The number of carbonyl (C=O) groups excluding carboxylic acids is 2. The molecular weight excluding hydrogens is 266 g/mol. The number of hydrogen-bond donors (Lipinski definition) is 1. The molecule has 0 spiro atoms. The van der Waals surface area contributed by atoms with E-state index in [1.54, 1.807) is 4.90 Å². The van der Waals surface area contributed by atoms with Crippen LogP contribution in [0.1, 0.15) is 52.4 Å². The molecule has 2 aliphatic rings. The first kappa shape index (κ1) is 16.3. The smallest absolute Gasteiger partial charge is 0.239 e. The van der Waals surface area contributed by atoms with Gasteiger partial charge in [-0.15, -0.1) is 0 Å². The molecule has 0 aromatic rings. The lowest BCUT2D eigenvalue weighted by molar-refractivity contribution is -0.133. The van der Waals surface area contributed by atoms with Gasteiger partial charge in [-0.05, 0) is 39.5 Å². The summed E-state index contributed by atoms with van der Waals surface area (Å²) in [6.07, 6.45) is 6.37. The SMILES string of the molecule is CC1CCCC(C)N1CCCNC(=O)CN1CCCC1=O. The standard InChI is InChI=1S/C16H29N3O2/c1-13-6-3-7-14(2)19(13)11-5-9-17-15(20)12-18-10-4-8-16(18)21/h13-14H,3-12H2,1-2H3,(H,17,20). The molecule has 5 heteroatoms. The van der Waals surface area contributed by atoms with Crippen molar-refractivity contribution in [3.05, 3.63) is 0 Å². The summed E-state index contributed by atoms with van der Waals surface area (Å²) in [5.74, 6) is 0.0890. The van der Waals surface area contributed by atoms with Crippen LogP contribution < -0.4 is 5.32 Å². The highest BCUT2D eigenvalue weighted by Crippen LogP contribution is 2.22. The molecule has 0 aliphatic carbocycles. The Labute approximate surface area is 128 Å². The Bertz CT molecular complexity index is 363. The summed E-state index contributed by atoms with van der Waals surface area (Å²) in [4.78, 5) is 27.5. The van der Waals surface area contributed by atoms with E-state index in [0.717, 1.165) is 25.9 Å². The Morgan fingerprint density at radius 1 is 1.24 bits per heavy atom. The number of likely N-dealkylation sites (tertiary alicyclic amines) is 2. The molecular formula is C16H29N3O2. The van der Waals surface area contributed by atoms with E-state index < -0.39 is 0 Å². The number of nitrogens with zero attached hydrogens (tertiary/aromatic N) is 2. The van der Waals surface area contributed by atoms with E-state index in [1.807, 2.05) is 0 Å². The molecule has 2 fully saturated rings. The molecule has 21 heavy (non-hydrogen) atoms. The minimum atomic E-state index is -0.0232. The monoisotopic (exact) mass is 295 g/mol. The third-order valence-corrected chi connectivity index (χ3v) is 4.80. The third kappa shape index (κ3) is 4.70. The predicted molar refractivity (Wildman–Crippen MR) is 82.9 cm³/mol. The van der Waals surface area contributed by atoms with Crippen LogP contribution >= 0.6 is 0 Å². The van der Waals surface area contributed by atoms with Gasteiger partial charge in [-0.2, -0.15) is 0 Å². The van der Waals surface area contributed by atoms with Gasteiger partial charge in [0.05, 0.1) is 6.54 Å². The zero-order valence-corrected chi connectivity index (χ0v) is 13.4. The summed E-state index contributed by atoms with van der Waals surface area (Å²) in [7, 11) is 0. The average Bonchev–Trinajstić information content (AvgIpc) is 2.83. The van der Waals surface area contributed by atoms with Crippen LogP contribution in [0.3, 0.4) is 0 Å². The highest BCUT2D eigenvalue weighted by molar-refractivity contribution is 5.85. The number of carbonyl (C=O) groups is 2. The normalized spacial score (nSPS) is 27.1. The van der Waals surface area contributed by atoms with Gasteiger partial charge in [-0.3, -0.25) is 14.5 Å². The molecule has 2 atom stereocenters. The summed E-state index contributed by atoms with van der Waals surface area (Å²) in [5, 5.41) is 2.94. The van der Waals surface area contributed by atoms with Gasteiger partial charge < -0.3 is 10.2 Å². The van der Waals surface area contributed by atoms with Crippen molar-refractivity contribution in [2.75, 3.05) is 26.2 Å². The van der Waals surface area contributed by atoms with Crippen molar-refractivity contribution in [1.29, 1.82) is 0 Å². The Kier molecular flexibility index (Phi) is 6.03. The van der Waals surface area contributed by atoms with Crippen molar-refractivity contribution in [2.45, 2.75) is 64.5 Å². The van der Waals surface area contributed by atoms with E-state index in [-0.39, 0.29) is 18.4 Å². The minimum Gasteiger partial charge on any atom is -0.355 e. The molecule has 2 saturated heterocycles. The molecule has 120 valence electrons. The van der Waals surface area contributed by atoms with Crippen molar-refractivity contribution in [1.82, 2.24) is 15.1 Å². The van der Waals surface area contributed by atoms with Crippen LogP contribution in [0.2, 0.25) is 0 Å². The zero-order valence-electron chi connectivity index (χ0n) is 13.4. The molecule has 0 aromatic heterocycles. The van der Waals surface area contributed by atoms with Crippen LogP contribution in [0.15, 0.2) is 0 Å². The van der Waals surface area contributed by atoms with Gasteiger partial charge in [0.15, 0.2) is 0 Å². The second-order valence-corrected chi connectivity index (χ2v) is 6.49. The molecule has 0 aromatic carbocycles. The largest absolute Gasteiger partial charge is 0.355 e. The second kappa shape index (κ2) is 7.78. The van der Waals surface area contributed by atoms with Gasteiger partial charge in [0.25, 0.3) is 0 Å².